The van der Waals surface area contributed by atoms with Crippen LogP contribution in [-0.2, 0) is 13.0 Å². The van der Waals surface area contributed by atoms with Crippen LogP contribution >= 0.6 is 0 Å². The molecular weight excluding hydrogens is 358 g/mol. The first kappa shape index (κ1) is 18.2. The summed E-state index contributed by atoms with van der Waals surface area (Å²) in [5.74, 6) is -1.71. The zero-order chi connectivity index (χ0) is 19.8. The predicted molar refractivity (Wildman–Crippen MR) is 107 cm³/mol. The van der Waals surface area contributed by atoms with Crippen molar-refractivity contribution in [2.45, 2.75) is 26.3 Å². The fraction of sp³-hybridized carbons (Fsp3) is 0.174. The van der Waals surface area contributed by atoms with Crippen molar-refractivity contribution in [2.75, 3.05) is 0 Å². The lowest BCUT2D eigenvalue weighted by molar-refractivity contribution is 0.100. The van der Waals surface area contributed by atoms with Crippen LogP contribution in [0.3, 0.4) is 0 Å². The molecule has 1 amide bonds. The molecule has 0 aliphatic carbocycles. The number of carbonyl (C=O) groups is 1. The van der Waals surface area contributed by atoms with Gasteiger partial charge < -0.3 is 10.3 Å². The summed E-state index contributed by atoms with van der Waals surface area (Å²) in [7, 11) is 0. The average Bonchev–Trinajstić information content (AvgIpc) is 2.98. The number of hydrogen-bond donors (Lipinski definition) is 1. The molecule has 142 valence electrons. The highest BCUT2D eigenvalue weighted by atomic mass is 19.1. The van der Waals surface area contributed by atoms with Crippen LogP contribution in [0.1, 0.15) is 34.8 Å². The fourth-order valence-corrected chi connectivity index (χ4v) is 3.85. The molecule has 0 bridgehead atoms. The summed E-state index contributed by atoms with van der Waals surface area (Å²) in [6.45, 7) is 2.12. The first-order chi connectivity index (χ1) is 13.5. The summed E-state index contributed by atoms with van der Waals surface area (Å²) >= 11 is 0. The summed E-state index contributed by atoms with van der Waals surface area (Å²) in [6.07, 6.45) is 1.88. The Morgan fingerprint density at radius 2 is 1.71 bits per heavy atom. The number of rotatable bonds is 5. The van der Waals surface area contributed by atoms with Gasteiger partial charge in [0.05, 0.1) is 12.1 Å². The van der Waals surface area contributed by atoms with Crippen molar-refractivity contribution in [3.05, 3.63) is 82.9 Å². The molecule has 0 atom stereocenters. The highest BCUT2D eigenvalue weighted by Crippen LogP contribution is 2.33. The lowest BCUT2D eigenvalue weighted by Gasteiger charge is -2.10. The second kappa shape index (κ2) is 7.08. The molecule has 0 radical (unpaired) electrons. The average molecular weight is 378 g/mol. The van der Waals surface area contributed by atoms with Gasteiger partial charge in [0.25, 0.3) is 0 Å². The maximum absolute atomic E-state index is 14.3. The van der Waals surface area contributed by atoms with Gasteiger partial charge in [0.2, 0.25) is 5.91 Å². The number of aryl methyl sites for hydroxylation is 1. The van der Waals surface area contributed by atoms with Crippen molar-refractivity contribution in [1.82, 2.24) is 4.57 Å². The maximum atomic E-state index is 14.3. The van der Waals surface area contributed by atoms with Gasteiger partial charge in [0.15, 0.2) is 0 Å². The lowest BCUT2D eigenvalue weighted by atomic mass is 10.0. The van der Waals surface area contributed by atoms with E-state index in [-0.39, 0.29) is 12.1 Å². The van der Waals surface area contributed by atoms with Crippen molar-refractivity contribution in [3.8, 4) is 0 Å². The Kier molecular flexibility index (Phi) is 4.59. The van der Waals surface area contributed by atoms with Gasteiger partial charge >= 0.3 is 0 Å². The van der Waals surface area contributed by atoms with Crippen LogP contribution in [0.15, 0.2) is 54.6 Å². The van der Waals surface area contributed by atoms with Crippen molar-refractivity contribution in [2.24, 2.45) is 5.73 Å². The highest BCUT2D eigenvalue weighted by Gasteiger charge is 2.19. The van der Waals surface area contributed by atoms with E-state index in [0.717, 1.165) is 34.8 Å². The largest absolute Gasteiger partial charge is 0.366 e. The van der Waals surface area contributed by atoms with Crippen LogP contribution in [0.25, 0.3) is 21.8 Å². The third-order valence-corrected chi connectivity index (χ3v) is 5.14. The Morgan fingerprint density at radius 1 is 1.00 bits per heavy atom. The first-order valence-electron chi connectivity index (χ1n) is 9.27. The molecule has 0 spiro atoms. The van der Waals surface area contributed by atoms with Gasteiger partial charge in [0, 0.05) is 27.4 Å². The third-order valence-electron chi connectivity index (χ3n) is 5.14. The first-order valence-corrected chi connectivity index (χ1v) is 9.27. The van der Waals surface area contributed by atoms with Gasteiger partial charge in [-0.2, -0.15) is 0 Å². The quantitative estimate of drug-likeness (QED) is 0.512. The number of halogens is 2. The molecular formula is C23H20F2N2O. The topological polar surface area (TPSA) is 48.0 Å². The van der Waals surface area contributed by atoms with Gasteiger partial charge in [-0.05, 0) is 42.3 Å². The van der Waals surface area contributed by atoms with Crippen LogP contribution in [0, 0.1) is 11.6 Å². The van der Waals surface area contributed by atoms with Gasteiger partial charge in [0.1, 0.15) is 11.6 Å². The molecule has 28 heavy (non-hydrogen) atoms. The Morgan fingerprint density at radius 3 is 2.39 bits per heavy atom. The van der Waals surface area contributed by atoms with E-state index in [0.29, 0.717) is 10.9 Å². The maximum Gasteiger partial charge on any atom is 0.249 e. The Balaban J connectivity index is 2.05. The van der Waals surface area contributed by atoms with E-state index in [1.807, 2.05) is 28.8 Å². The number of nitrogens with zero attached hydrogens (tertiary/aromatic N) is 1. The van der Waals surface area contributed by atoms with Gasteiger partial charge in [-0.15, -0.1) is 0 Å². The van der Waals surface area contributed by atoms with E-state index in [9.17, 15) is 13.6 Å². The summed E-state index contributed by atoms with van der Waals surface area (Å²) in [5.41, 5.74) is 8.67. The SMILES string of the molecule is CCCc1ccc2c3c(C(N)=O)cccc3n(Cc3c(F)cccc3F)c2c1. The third kappa shape index (κ3) is 2.93. The van der Waals surface area contributed by atoms with E-state index < -0.39 is 17.5 Å². The van der Waals surface area contributed by atoms with E-state index in [1.54, 1.807) is 12.1 Å². The van der Waals surface area contributed by atoms with Crippen LogP contribution in [0.5, 0.6) is 0 Å². The number of amides is 1. The molecule has 3 nitrogen and oxygen atoms in total. The predicted octanol–water partition coefficient (Wildman–Crippen LogP) is 5.17. The Labute approximate surface area is 161 Å². The van der Waals surface area contributed by atoms with E-state index in [4.69, 9.17) is 5.73 Å². The summed E-state index contributed by atoms with van der Waals surface area (Å²) in [6, 6.07) is 15.1. The zero-order valence-corrected chi connectivity index (χ0v) is 15.5. The lowest BCUT2D eigenvalue weighted by Crippen LogP contribution is -2.11. The molecule has 4 aromatic rings. The minimum absolute atomic E-state index is 0.00771. The number of nitrogens with two attached hydrogens (primary N) is 1. The number of carbonyl (C=O) groups excluding carboxylic acids is 1. The molecule has 5 heteroatoms. The summed E-state index contributed by atoms with van der Waals surface area (Å²) < 4.78 is 30.5. The molecule has 0 unspecified atom stereocenters. The number of aromatic nitrogens is 1. The van der Waals surface area contributed by atoms with E-state index in [2.05, 4.69) is 6.92 Å². The number of fused-ring (bicyclic) bond motifs is 3. The zero-order valence-electron chi connectivity index (χ0n) is 15.5. The second-order valence-electron chi connectivity index (χ2n) is 6.95. The Hall–Kier alpha value is -3.21. The molecule has 0 fully saturated rings. The van der Waals surface area contributed by atoms with Crippen molar-refractivity contribution < 1.29 is 13.6 Å². The number of hydrogen-bond acceptors (Lipinski definition) is 1. The number of benzene rings is 3. The standard InChI is InChI=1S/C23H20F2N2O/c1-2-5-14-10-11-15-21(12-14)27(13-17-18(24)7-4-8-19(17)25)20-9-3-6-16(22(15)20)23(26)28/h3-4,6-12H,2,5,13H2,1H3,(H2,26,28). The molecule has 3 aromatic carbocycles. The fourth-order valence-electron chi connectivity index (χ4n) is 3.85. The van der Waals surface area contributed by atoms with Crippen molar-refractivity contribution in [1.29, 1.82) is 0 Å². The summed E-state index contributed by atoms with van der Waals surface area (Å²) in [4.78, 5) is 12.0. The van der Waals surface area contributed by atoms with Crippen LogP contribution in [0.2, 0.25) is 0 Å². The smallest absolute Gasteiger partial charge is 0.249 e. The molecule has 1 heterocycles. The molecule has 2 N–H and O–H groups in total. The highest BCUT2D eigenvalue weighted by molar-refractivity contribution is 6.17. The van der Waals surface area contributed by atoms with E-state index in [1.165, 1.54) is 18.2 Å². The van der Waals surface area contributed by atoms with Crippen molar-refractivity contribution in [3.63, 3.8) is 0 Å². The molecule has 0 saturated heterocycles. The van der Waals surface area contributed by atoms with Crippen LogP contribution in [-0.4, -0.2) is 10.5 Å². The number of primary amides is 1. The minimum Gasteiger partial charge on any atom is -0.366 e. The molecule has 1 aromatic heterocycles. The van der Waals surface area contributed by atoms with Gasteiger partial charge in [-0.25, -0.2) is 8.78 Å². The minimum atomic E-state index is -0.592. The normalized spacial score (nSPS) is 11.4. The van der Waals surface area contributed by atoms with Gasteiger partial charge in [-0.3, -0.25) is 4.79 Å². The van der Waals surface area contributed by atoms with E-state index >= 15 is 0 Å². The molecule has 0 aliphatic rings. The molecule has 4 rings (SSSR count). The van der Waals surface area contributed by atoms with Crippen molar-refractivity contribution >= 4 is 27.7 Å². The van der Waals surface area contributed by atoms with Crippen LogP contribution < -0.4 is 5.73 Å². The molecule has 0 saturated carbocycles. The molecule has 0 aliphatic heterocycles. The van der Waals surface area contributed by atoms with Crippen LogP contribution in [0.4, 0.5) is 8.78 Å². The Bertz CT molecular complexity index is 1190. The second-order valence-corrected chi connectivity index (χ2v) is 6.95. The summed E-state index contributed by atoms with van der Waals surface area (Å²) in [5, 5.41) is 1.56. The van der Waals surface area contributed by atoms with Gasteiger partial charge in [-0.1, -0.05) is 37.6 Å². The monoisotopic (exact) mass is 378 g/mol.